The first-order chi connectivity index (χ1) is 16.3. The van der Waals surface area contributed by atoms with E-state index in [9.17, 15) is 17.6 Å². The molecule has 0 spiro atoms. The summed E-state index contributed by atoms with van der Waals surface area (Å²) in [5.74, 6) is -0.768. The summed E-state index contributed by atoms with van der Waals surface area (Å²) in [4.78, 5) is 19.9. The molecule has 4 heterocycles. The number of carbonyl (C=O) groups excluding carboxylic acids is 1. The Labute approximate surface area is 210 Å². The van der Waals surface area contributed by atoms with Gasteiger partial charge in [0.15, 0.2) is 5.13 Å². The normalized spacial score (nSPS) is 20.2. The van der Waals surface area contributed by atoms with E-state index in [-0.39, 0.29) is 41.0 Å². The summed E-state index contributed by atoms with van der Waals surface area (Å²) in [6, 6.07) is 7.47. The van der Waals surface area contributed by atoms with Crippen molar-refractivity contribution >= 4 is 65.6 Å². The van der Waals surface area contributed by atoms with E-state index in [0.717, 1.165) is 24.2 Å². The van der Waals surface area contributed by atoms with Gasteiger partial charge in [-0.15, -0.1) is 11.3 Å². The molecule has 1 aromatic carbocycles. The van der Waals surface area contributed by atoms with Crippen LogP contribution >= 0.6 is 34.3 Å². The van der Waals surface area contributed by atoms with Gasteiger partial charge in [0.25, 0.3) is 10.0 Å². The number of aromatic nitrogens is 1. The van der Waals surface area contributed by atoms with E-state index in [1.165, 1.54) is 33.8 Å². The highest BCUT2D eigenvalue weighted by Crippen LogP contribution is 2.34. The number of carbonyl (C=O) groups is 1. The fourth-order valence-electron chi connectivity index (χ4n) is 4.38. The van der Waals surface area contributed by atoms with Crippen LogP contribution in [0.1, 0.15) is 25.7 Å². The lowest BCUT2D eigenvalue weighted by atomic mass is 9.96. The number of thiophene rings is 1. The third-order valence-electron chi connectivity index (χ3n) is 6.19. The van der Waals surface area contributed by atoms with Gasteiger partial charge in [-0.1, -0.05) is 22.9 Å². The molecule has 2 saturated heterocycles. The Morgan fingerprint density at radius 3 is 2.68 bits per heavy atom. The first kappa shape index (κ1) is 24.1. The second kappa shape index (κ2) is 9.79. The van der Waals surface area contributed by atoms with Gasteiger partial charge in [0.05, 0.1) is 27.2 Å². The van der Waals surface area contributed by atoms with Gasteiger partial charge in [-0.3, -0.25) is 9.69 Å². The van der Waals surface area contributed by atoms with Crippen LogP contribution in [0.4, 0.5) is 9.52 Å². The molecular formula is C22H23ClFN3O4S3. The summed E-state index contributed by atoms with van der Waals surface area (Å²) in [6.07, 6.45) is 2.57. The molecule has 2 fully saturated rings. The van der Waals surface area contributed by atoms with Crippen molar-refractivity contribution in [2.24, 2.45) is 5.92 Å². The maximum Gasteiger partial charge on any atom is 0.252 e. The van der Waals surface area contributed by atoms with Gasteiger partial charge < -0.3 is 4.74 Å². The van der Waals surface area contributed by atoms with Crippen molar-refractivity contribution in [1.29, 1.82) is 0 Å². The number of piperidine rings is 1. The number of sulfonamides is 1. The minimum Gasteiger partial charge on any atom is -0.376 e. The molecule has 5 rings (SSSR count). The molecule has 0 radical (unpaired) electrons. The average molecular weight is 544 g/mol. The van der Waals surface area contributed by atoms with Gasteiger partial charge in [0.2, 0.25) is 5.91 Å². The molecule has 0 saturated carbocycles. The molecule has 34 heavy (non-hydrogen) atoms. The highest BCUT2D eigenvalue weighted by molar-refractivity contribution is 7.91. The van der Waals surface area contributed by atoms with E-state index in [1.807, 2.05) is 0 Å². The first-order valence-electron chi connectivity index (χ1n) is 11.1. The number of thiazole rings is 1. The van der Waals surface area contributed by atoms with Gasteiger partial charge in [-0.05, 0) is 56.0 Å². The van der Waals surface area contributed by atoms with Crippen LogP contribution in [0.15, 0.2) is 34.5 Å². The summed E-state index contributed by atoms with van der Waals surface area (Å²) in [5.41, 5.74) is 0.641. The molecule has 1 atom stereocenters. The lowest BCUT2D eigenvalue weighted by Gasteiger charge is -2.33. The molecule has 0 bridgehead atoms. The number of rotatable bonds is 6. The lowest BCUT2D eigenvalue weighted by molar-refractivity contribution is -0.123. The number of benzene rings is 1. The van der Waals surface area contributed by atoms with Crippen molar-refractivity contribution in [3.8, 4) is 0 Å². The Balaban J connectivity index is 1.34. The summed E-state index contributed by atoms with van der Waals surface area (Å²) in [5, 5.41) is 0.518. The van der Waals surface area contributed by atoms with Crippen molar-refractivity contribution in [3.05, 3.63) is 40.5 Å². The molecule has 0 aliphatic carbocycles. The van der Waals surface area contributed by atoms with Gasteiger partial charge in [0.1, 0.15) is 10.0 Å². The third kappa shape index (κ3) is 4.87. The fraction of sp³-hybridized carbons (Fsp3) is 0.455. The molecule has 2 aliphatic rings. The predicted octanol–water partition coefficient (Wildman–Crippen LogP) is 4.76. The van der Waals surface area contributed by atoms with Crippen LogP contribution in [0.2, 0.25) is 4.34 Å². The quantitative estimate of drug-likeness (QED) is 0.448. The van der Waals surface area contributed by atoms with E-state index in [4.69, 9.17) is 16.3 Å². The maximum absolute atomic E-state index is 13.7. The molecule has 12 heteroatoms. The zero-order valence-electron chi connectivity index (χ0n) is 18.2. The second-order valence-electron chi connectivity index (χ2n) is 8.43. The standard InChI is InChI=1S/C22H23ClFN3O4S3/c23-19-5-6-20(33-19)34(29,30)26-9-7-14(8-10-26)21(28)27(13-16-2-1-11-31-16)22-25-17-4-3-15(24)12-18(17)32-22/h3-6,12,14,16H,1-2,7-11,13H2. The molecule has 0 N–H and O–H groups in total. The Kier molecular flexibility index (Phi) is 6.93. The fourth-order valence-corrected chi connectivity index (χ4v) is 8.50. The number of nitrogens with zero attached hydrogens (tertiary/aromatic N) is 3. The number of halogens is 2. The Bertz CT molecular complexity index is 1300. The largest absolute Gasteiger partial charge is 0.376 e. The van der Waals surface area contributed by atoms with Gasteiger partial charge in [-0.2, -0.15) is 4.31 Å². The van der Waals surface area contributed by atoms with Crippen molar-refractivity contribution < 1.29 is 22.3 Å². The third-order valence-corrected chi connectivity index (χ3v) is 10.8. The van der Waals surface area contributed by atoms with Gasteiger partial charge in [0, 0.05) is 25.6 Å². The van der Waals surface area contributed by atoms with Crippen LogP contribution in [0.5, 0.6) is 0 Å². The van der Waals surface area contributed by atoms with Crippen molar-refractivity contribution in [2.75, 3.05) is 31.1 Å². The molecule has 1 amide bonds. The number of fused-ring (bicyclic) bond motifs is 1. The summed E-state index contributed by atoms with van der Waals surface area (Å²) in [6.45, 7) is 1.56. The highest BCUT2D eigenvalue weighted by atomic mass is 35.5. The van der Waals surface area contributed by atoms with Crippen LogP contribution in [-0.2, 0) is 19.6 Å². The summed E-state index contributed by atoms with van der Waals surface area (Å²) >= 11 is 8.23. The van der Waals surface area contributed by atoms with E-state index >= 15 is 0 Å². The van der Waals surface area contributed by atoms with Crippen molar-refractivity contribution in [2.45, 2.75) is 36.0 Å². The Morgan fingerprint density at radius 2 is 2.00 bits per heavy atom. The number of anilines is 1. The smallest absolute Gasteiger partial charge is 0.252 e. The first-order valence-corrected chi connectivity index (χ1v) is 14.5. The number of hydrogen-bond donors (Lipinski definition) is 0. The zero-order chi connectivity index (χ0) is 23.9. The lowest BCUT2D eigenvalue weighted by Crippen LogP contribution is -2.46. The molecule has 1 unspecified atom stereocenters. The van der Waals surface area contributed by atoms with E-state index in [0.29, 0.717) is 45.7 Å². The average Bonchev–Trinajstić information content (AvgIpc) is 3.58. The summed E-state index contributed by atoms with van der Waals surface area (Å²) in [7, 11) is -3.63. The topological polar surface area (TPSA) is 79.8 Å². The molecule has 3 aromatic rings. The van der Waals surface area contributed by atoms with E-state index in [2.05, 4.69) is 4.98 Å². The van der Waals surface area contributed by atoms with Crippen LogP contribution in [-0.4, -0.2) is 56.0 Å². The second-order valence-corrected chi connectivity index (χ2v) is 13.3. The number of hydrogen-bond acceptors (Lipinski definition) is 7. The van der Waals surface area contributed by atoms with Crippen LogP contribution in [0, 0.1) is 11.7 Å². The number of ether oxygens (including phenoxy) is 1. The Hall–Kier alpha value is -1.63. The predicted molar refractivity (Wildman–Crippen MR) is 132 cm³/mol. The van der Waals surface area contributed by atoms with E-state index < -0.39 is 10.0 Å². The summed E-state index contributed by atoms with van der Waals surface area (Å²) < 4.78 is 48.0. The van der Waals surface area contributed by atoms with Gasteiger partial charge >= 0.3 is 0 Å². The molecule has 182 valence electrons. The molecule has 2 aromatic heterocycles. The van der Waals surface area contributed by atoms with E-state index in [1.54, 1.807) is 17.0 Å². The van der Waals surface area contributed by atoms with Crippen LogP contribution < -0.4 is 4.90 Å². The Morgan fingerprint density at radius 1 is 1.21 bits per heavy atom. The van der Waals surface area contributed by atoms with Gasteiger partial charge in [-0.25, -0.2) is 17.8 Å². The maximum atomic E-state index is 13.7. The SMILES string of the molecule is O=C(C1CCN(S(=O)(=O)c2ccc(Cl)s2)CC1)N(CC1CCCO1)c1nc2ccc(F)cc2s1. The van der Waals surface area contributed by atoms with Crippen molar-refractivity contribution in [3.63, 3.8) is 0 Å². The molecular weight excluding hydrogens is 521 g/mol. The van der Waals surface area contributed by atoms with Crippen molar-refractivity contribution in [1.82, 2.24) is 9.29 Å². The molecule has 2 aliphatic heterocycles. The minimum absolute atomic E-state index is 0.0725. The zero-order valence-corrected chi connectivity index (χ0v) is 21.4. The highest BCUT2D eigenvalue weighted by Gasteiger charge is 2.36. The van der Waals surface area contributed by atoms with Crippen LogP contribution in [0.25, 0.3) is 10.2 Å². The minimum atomic E-state index is -3.63. The van der Waals surface area contributed by atoms with Crippen LogP contribution in [0.3, 0.4) is 0 Å². The monoisotopic (exact) mass is 543 g/mol. The molecule has 7 nitrogen and oxygen atoms in total. The number of amides is 1.